The van der Waals surface area contributed by atoms with E-state index in [0.717, 1.165) is 16.8 Å². The lowest BCUT2D eigenvalue weighted by Crippen LogP contribution is -2.29. The molecular weight excluding hydrogens is 432 g/mol. The van der Waals surface area contributed by atoms with Crippen molar-refractivity contribution in [1.29, 1.82) is 0 Å². The largest absolute Gasteiger partial charge is 0.454 e. The normalized spacial score (nSPS) is 16.3. The van der Waals surface area contributed by atoms with Gasteiger partial charge in [-0.25, -0.2) is 0 Å². The van der Waals surface area contributed by atoms with Crippen molar-refractivity contribution in [1.82, 2.24) is 4.90 Å². The second-order valence-corrected chi connectivity index (χ2v) is 9.07. The molecule has 0 aliphatic carbocycles. The summed E-state index contributed by atoms with van der Waals surface area (Å²) in [6.07, 6.45) is 2.64. The number of carbonyl (C=O) groups is 2. The molecule has 6 nitrogen and oxygen atoms in total. The van der Waals surface area contributed by atoms with E-state index < -0.39 is 0 Å². The number of hydrogen-bond donors (Lipinski definition) is 1. The van der Waals surface area contributed by atoms with Gasteiger partial charge in [0.1, 0.15) is 4.32 Å². The third kappa shape index (κ3) is 4.91. The number of amides is 2. The number of thioether (sulfide) groups is 1. The smallest absolute Gasteiger partial charge is 0.266 e. The van der Waals surface area contributed by atoms with E-state index in [1.165, 1.54) is 17.3 Å². The predicted molar refractivity (Wildman–Crippen MR) is 126 cm³/mol. The number of thiocarbonyl (C=S) groups is 1. The molecule has 1 N–H and O–H groups in total. The van der Waals surface area contributed by atoms with Gasteiger partial charge in [-0.05, 0) is 67.3 Å². The Morgan fingerprint density at radius 1 is 1.16 bits per heavy atom. The zero-order valence-electron chi connectivity index (χ0n) is 17.3. The lowest BCUT2D eigenvalue weighted by atomic mass is 10.1. The summed E-state index contributed by atoms with van der Waals surface area (Å²) in [4.78, 5) is 27.2. The van der Waals surface area contributed by atoms with E-state index in [9.17, 15) is 9.59 Å². The predicted octanol–water partition coefficient (Wildman–Crippen LogP) is 4.65. The minimum Gasteiger partial charge on any atom is -0.454 e. The molecule has 0 spiro atoms. The molecule has 0 bridgehead atoms. The monoisotopic (exact) mass is 454 g/mol. The SMILES string of the molecule is Cc1ccc(NC(=O)CCCN2C(=O)C(=Cc3ccc4c(c3)OCO4)SC2=S)cc1C. The van der Waals surface area contributed by atoms with E-state index >= 15 is 0 Å². The van der Waals surface area contributed by atoms with Crippen LogP contribution in [0, 0.1) is 13.8 Å². The molecule has 160 valence electrons. The molecule has 8 heteroatoms. The van der Waals surface area contributed by atoms with Gasteiger partial charge in [-0.1, -0.05) is 36.1 Å². The van der Waals surface area contributed by atoms with Crippen molar-refractivity contribution in [3.8, 4) is 11.5 Å². The van der Waals surface area contributed by atoms with Crippen molar-refractivity contribution in [2.24, 2.45) is 0 Å². The summed E-state index contributed by atoms with van der Waals surface area (Å²) in [5.41, 5.74) is 3.94. The highest BCUT2D eigenvalue weighted by Crippen LogP contribution is 2.36. The van der Waals surface area contributed by atoms with Crippen molar-refractivity contribution < 1.29 is 19.1 Å². The van der Waals surface area contributed by atoms with E-state index in [-0.39, 0.29) is 18.6 Å². The Kier molecular flexibility index (Phi) is 6.29. The average molecular weight is 455 g/mol. The number of benzene rings is 2. The van der Waals surface area contributed by atoms with Crippen molar-refractivity contribution in [2.75, 3.05) is 18.7 Å². The van der Waals surface area contributed by atoms with Gasteiger partial charge in [0, 0.05) is 18.7 Å². The quantitative estimate of drug-likeness (QED) is 0.506. The van der Waals surface area contributed by atoms with E-state index in [0.29, 0.717) is 40.1 Å². The molecule has 2 amide bonds. The number of nitrogens with one attached hydrogen (secondary N) is 1. The van der Waals surface area contributed by atoms with Gasteiger partial charge in [-0.3, -0.25) is 14.5 Å². The molecule has 0 unspecified atom stereocenters. The summed E-state index contributed by atoms with van der Waals surface area (Å²) >= 11 is 6.65. The second kappa shape index (κ2) is 9.11. The van der Waals surface area contributed by atoms with Gasteiger partial charge in [-0.15, -0.1) is 0 Å². The highest BCUT2D eigenvalue weighted by molar-refractivity contribution is 8.26. The van der Waals surface area contributed by atoms with Gasteiger partial charge in [0.25, 0.3) is 5.91 Å². The fourth-order valence-electron chi connectivity index (χ4n) is 3.29. The molecule has 2 aromatic rings. The highest BCUT2D eigenvalue weighted by atomic mass is 32.2. The summed E-state index contributed by atoms with van der Waals surface area (Å²) in [6, 6.07) is 11.4. The van der Waals surface area contributed by atoms with E-state index in [1.54, 1.807) is 11.0 Å². The van der Waals surface area contributed by atoms with Crippen LogP contribution < -0.4 is 14.8 Å². The second-order valence-electron chi connectivity index (χ2n) is 7.40. The van der Waals surface area contributed by atoms with Crippen LogP contribution in [0.4, 0.5) is 5.69 Å². The van der Waals surface area contributed by atoms with Crippen LogP contribution in [0.2, 0.25) is 0 Å². The maximum atomic E-state index is 12.8. The fourth-order valence-corrected chi connectivity index (χ4v) is 4.60. The highest BCUT2D eigenvalue weighted by Gasteiger charge is 2.31. The molecule has 31 heavy (non-hydrogen) atoms. The fraction of sp³-hybridized carbons (Fsp3) is 0.261. The van der Waals surface area contributed by atoms with Crippen molar-refractivity contribution in [3.63, 3.8) is 0 Å². The van der Waals surface area contributed by atoms with Crippen LogP contribution in [-0.2, 0) is 9.59 Å². The lowest BCUT2D eigenvalue weighted by molar-refractivity contribution is -0.122. The molecule has 4 rings (SSSR count). The topological polar surface area (TPSA) is 67.9 Å². The van der Waals surface area contributed by atoms with Gasteiger partial charge in [0.05, 0.1) is 4.91 Å². The number of anilines is 1. The van der Waals surface area contributed by atoms with Crippen LogP contribution in [-0.4, -0.2) is 34.4 Å². The summed E-state index contributed by atoms with van der Waals surface area (Å²) in [6.45, 7) is 4.66. The molecule has 2 aromatic carbocycles. The minimum absolute atomic E-state index is 0.0791. The number of aryl methyl sites for hydroxylation is 2. The number of carbonyl (C=O) groups excluding carboxylic acids is 2. The van der Waals surface area contributed by atoms with Gasteiger partial charge >= 0.3 is 0 Å². The number of ether oxygens (including phenoxy) is 2. The zero-order valence-corrected chi connectivity index (χ0v) is 18.9. The maximum absolute atomic E-state index is 12.8. The van der Waals surface area contributed by atoms with Crippen LogP contribution in [0.25, 0.3) is 6.08 Å². The zero-order chi connectivity index (χ0) is 22.0. The Labute approximate surface area is 190 Å². The molecule has 2 aliphatic heterocycles. The van der Waals surface area contributed by atoms with Crippen LogP contribution >= 0.6 is 24.0 Å². The van der Waals surface area contributed by atoms with Crippen molar-refractivity contribution >= 4 is 51.9 Å². The molecular formula is C23H22N2O4S2. The van der Waals surface area contributed by atoms with Crippen molar-refractivity contribution in [2.45, 2.75) is 26.7 Å². The third-order valence-electron chi connectivity index (χ3n) is 5.14. The molecule has 2 heterocycles. The minimum atomic E-state index is -0.137. The van der Waals surface area contributed by atoms with E-state index in [2.05, 4.69) is 5.32 Å². The van der Waals surface area contributed by atoms with Crippen LogP contribution in [0.5, 0.6) is 11.5 Å². The molecule has 0 radical (unpaired) electrons. The summed E-state index contributed by atoms with van der Waals surface area (Å²) in [5, 5.41) is 2.91. The molecule has 0 atom stereocenters. The molecule has 0 saturated carbocycles. The standard InChI is InChI=1S/C23H22N2O4S2/c1-14-5-7-17(10-15(14)2)24-21(26)4-3-9-25-22(27)20(31-23(25)30)12-16-6-8-18-19(11-16)29-13-28-18/h5-8,10-12H,3-4,9,13H2,1-2H3,(H,24,26). The van der Waals surface area contributed by atoms with Crippen LogP contribution in [0.3, 0.4) is 0 Å². The third-order valence-corrected chi connectivity index (χ3v) is 6.52. The maximum Gasteiger partial charge on any atom is 0.266 e. The molecule has 1 fully saturated rings. The molecule has 0 aromatic heterocycles. The molecule has 2 aliphatic rings. The Bertz CT molecular complexity index is 1100. The van der Waals surface area contributed by atoms with Gasteiger partial charge in [-0.2, -0.15) is 0 Å². The summed E-state index contributed by atoms with van der Waals surface area (Å²) in [5.74, 6) is 1.15. The van der Waals surface area contributed by atoms with Gasteiger partial charge in [0.2, 0.25) is 12.7 Å². The van der Waals surface area contributed by atoms with E-state index in [4.69, 9.17) is 21.7 Å². The first-order valence-electron chi connectivity index (χ1n) is 9.93. The first-order valence-corrected chi connectivity index (χ1v) is 11.2. The summed E-state index contributed by atoms with van der Waals surface area (Å²) < 4.78 is 11.2. The Balaban J connectivity index is 1.32. The number of nitrogens with zero attached hydrogens (tertiary/aromatic N) is 1. The van der Waals surface area contributed by atoms with Gasteiger partial charge in [0.15, 0.2) is 11.5 Å². The number of fused-ring (bicyclic) bond motifs is 1. The first-order chi connectivity index (χ1) is 14.9. The van der Waals surface area contributed by atoms with Crippen LogP contribution in [0.15, 0.2) is 41.3 Å². The Hall–Kier alpha value is -2.84. The Morgan fingerprint density at radius 2 is 1.97 bits per heavy atom. The van der Waals surface area contributed by atoms with Crippen molar-refractivity contribution in [3.05, 3.63) is 58.0 Å². The summed E-state index contributed by atoms with van der Waals surface area (Å²) in [7, 11) is 0. The van der Waals surface area contributed by atoms with E-state index in [1.807, 2.05) is 50.2 Å². The lowest BCUT2D eigenvalue weighted by Gasteiger charge is -2.14. The average Bonchev–Trinajstić information content (AvgIpc) is 3.30. The number of hydrogen-bond acceptors (Lipinski definition) is 6. The molecule has 1 saturated heterocycles. The Morgan fingerprint density at radius 3 is 2.77 bits per heavy atom. The first kappa shape index (κ1) is 21.4. The van der Waals surface area contributed by atoms with Crippen LogP contribution in [0.1, 0.15) is 29.5 Å². The van der Waals surface area contributed by atoms with Gasteiger partial charge < -0.3 is 14.8 Å². The number of rotatable bonds is 6.